The summed E-state index contributed by atoms with van der Waals surface area (Å²) in [6.07, 6.45) is 0.585. The standard InChI is InChI=1S/C21H22N2O4/c1-14-17(23-21(27-14)15-7-5-4-6-8-15)11-12-22-20(24)16-9-10-18(25-2)19(13-16)26-3/h4-10,13H,11-12H2,1-3H3,(H,22,24). The molecule has 27 heavy (non-hydrogen) atoms. The van der Waals surface area contributed by atoms with Gasteiger partial charge in [-0.15, -0.1) is 0 Å². The highest BCUT2D eigenvalue weighted by Gasteiger charge is 2.13. The van der Waals surface area contributed by atoms with Crippen molar-refractivity contribution in [1.82, 2.24) is 10.3 Å². The van der Waals surface area contributed by atoms with Crippen LogP contribution in [-0.2, 0) is 6.42 Å². The maximum atomic E-state index is 12.4. The zero-order chi connectivity index (χ0) is 19.2. The number of carbonyl (C=O) groups is 1. The first kappa shape index (κ1) is 18.5. The van der Waals surface area contributed by atoms with Crippen LogP contribution in [0.25, 0.3) is 11.5 Å². The van der Waals surface area contributed by atoms with Crippen LogP contribution >= 0.6 is 0 Å². The maximum absolute atomic E-state index is 12.4. The van der Waals surface area contributed by atoms with Gasteiger partial charge in [-0.05, 0) is 37.3 Å². The van der Waals surface area contributed by atoms with E-state index in [4.69, 9.17) is 13.9 Å². The summed E-state index contributed by atoms with van der Waals surface area (Å²) in [5, 5.41) is 2.90. The molecule has 140 valence electrons. The fourth-order valence-electron chi connectivity index (χ4n) is 2.74. The molecule has 0 spiro atoms. The van der Waals surface area contributed by atoms with E-state index in [1.807, 2.05) is 37.3 Å². The summed E-state index contributed by atoms with van der Waals surface area (Å²) < 4.78 is 16.2. The van der Waals surface area contributed by atoms with E-state index in [9.17, 15) is 4.79 Å². The lowest BCUT2D eigenvalue weighted by Gasteiger charge is -2.09. The van der Waals surface area contributed by atoms with E-state index < -0.39 is 0 Å². The third kappa shape index (κ3) is 4.28. The van der Waals surface area contributed by atoms with Crippen molar-refractivity contribution in [2.75, 3.05) is 20.8 Å². The summed E-state index contributed by atoms with van der Waals surface area (Å²) in [6.45, 7) is 2.33. The number of nitrogens with one attached hydrogen (secondary N) is 1. The fourth-order valence-corrected chi connectivity index (χ4v) is 2.74. The van der Waals surface area contributed by atoms with Crippen molar-refractivity contribution in [2.45, 2.75) is 13.3 Å². The summed E-state index contributed by atoms with van der Waals surface area (Å²) in [5.41, 5.74) is 2.28. The van der Waals surface area contributed by atoms with Gasteiger partial charge in [-0.25, -0.2) is 4.98 Å². The number of rotatable bonds is 7. The minimum absolute atomic E-state index is 0.180. The van der Waals surface area contributed by atoms with Crippen LogP contribution in [0.5, 0.6) is 11.5 Å². The highest BCUT2D eigenvalue weighted by molar-refractivity contribution is 5.94. The van der Waals surface area contributed by atoms with E-state index in [-0.39, 0.29) is 5.91 Å². The molecule has 0 aliphatic rings. The number of aromatic nitrogens is 1. The Morgan fingerprint density at radius 1 is 1.07 bits per heavy atom. The Bertz CT molecular complexity index is 919. The molecule has 3 rings (SSSR count). The SMILES string of the molecule is COc1ccc(C(=O)NCCc2nc(-c3ccccc3)oc2C)cc1OC. The molecule has 1 aromatic heterocycles. The average Bonchev–Trinajstić information content (AvgIpc) is 3.08. The highest BCUT2D eigenvalue weighted by Crippen LogP contribution is 2.27. The topological polar surface area (TPSA) is 73.6 Å². The first-order valence-electron chi connectivity index (χ1n) is 8.64. The molecule has 0 radical (unpaired) electrons. The normalized spacial score (nSPS) is 10.5. The second-order valence-electron chi connectivity index (χ2n) is 5.96. The molecule has 0 aliphatic heterocycles. The van der Waals surface area contributed by atoms with Crippen LogP contribution in [-0.4, -0.2) is 31.7 Å². The number of carbonyl (C=O) groups excluding carboxylic acids is 1. The van der Waals surface area contributed by atoms with E-state index in [0.29, 0.717) is 35.9 Å². The van der Waals surface area contributed by atoms with Gasteiger partial charge in [-0.3, -0.25) is 4.79 Å². The van der Waals surface area contributed by atoms with E-state index in [1.54, 1.807) is 25.3 Å². The molecule has 0 atom stereocenters. The first-order chi connectivity index (χ1) is 13.1. The van der Waals surface area contributed by atoms with E-state index in [1.165, 1.54) is 7.11 Å². The van der Waals surface area contributed by atoms with Gasteiger partial charge >= 0.3 is 0 Å². The second-order valence-corrected chi connectivity index (χ2v) is 5.96. The third-order valence-electron chi connectivity index (χ3n) is 4.21. The molecule has 0 fully saturated rings. The molecule has 0 saturated heterocycles. The van der Waals surface area contributed by atoms with Crippen molar-refractivity contribution >= 4 is 5.91 Å². The lowest BCUT2D eigenvalue weighted by Crippen LogP contribution is -2.25. The van der Waals surface area contributed by atoms with Crippen LogP contribution in [0.3, 0.4) is 0 Å². The lowest BCUT2D eigenvalue weighted by molar-refractivity contribution is 0.0953. The van der Waals surface area contributed by atoms with Gasteiger partial charge in [0.05, 0.1) is 19.9 Å². The molecule has 3 aromatic rings. The Morgan fingerprint density at radius 3 is 2.52 bits per heavy atom. The molecule has 2 aromatic carbocycles. The van der Waals surface area contributed by atoms with Gasteiger partial charge in [0.1, 0.15) is 5.76 Å². The van der Waals surface area contributed by atoms with Gasteiger partial charge in [0.15, 0.2) is 11.5 Å². The van der Waals surface area contributed by atoms with E-state index in [0.717, 1.165) is 17.0 Å². The first-order valence-corrected chi connectivity index (χ1v) is 8.64. The van der Waals surface area contributed by atoms with Crippen molar-refractivity contribution in [1.29, 1.82) is 0 Å². The molecule has 1 amide bonds. The fraction of sp³-hybridized carbons (Fsp3) is 0.238. The van der Waals surface area contributed by atoms with Crippen molar-refractivity contribution < 1.29 is 18.7 Å². The minimum atomic E-state index is -0.180. The van der Waals surface area contributed by atoms with Crippen molar-refractivity contribution in [2.24, 2.45) is 0 Å². The van der Waals surface area contributed by atoms with Crippen LogP contribution in [0.4, 0.5) is 0 Å². The summed E-state index contributed by atoms with van der Waals surface area (Å²) in [6, 6.07) is 14.8. The largest absolute Gasteiger partial charge is 0.493 e. The van der Waals surface area contributed by atoms with Gasteiger partial charge in [0.25, 0.3) is 5.91 Å². The molecule has 1 N–H and O–H groups in total. The number of hydrogen-bond acceptors (Lipinski definition) is 5. The van der Waals surface area contributed by atoms with E-state index >= 15 is 0 Å². The number of aryl methyl sites for hydroxylation is 1. The summed E-state index contributed by atoms with van der Waals surface area (Å²) in [7, 11) is 3.10. The molecule has 1 heterocycles. The Hall–Kier alpha value is -3.28. The highest BCUT2D eigenvalue weighted by atomic mass is 16.5. The molecule has 0 unspecified atom stereocenters. The molecule has 0 aliphatic carbocycles. The van der Waals surface area contributed by atoms with Gasteiger partial charge in [-0.1, -0.05) is 18.2 Å². The monoisotopic (exact) mass is 366 g/mol. The van der Waals surface area contributed by atoms with E-state index in [2.05, 4.69) is 10.3 Å². The number of amides is 1. The maximum Gasteiger partial charge on any atom is 0.251 e. The average molecular weight is 366 g/mol. The van der Waals surface area contributed by atoms with Gasteiger partial charge in [0, 0.05) is 24.1 Å². The molecular formula is C21H22N2O4. The summed E-state index contributed by atoms with van der Waals surface area (Å²) >= 11 is 0. The lowest BCUT2D eigenvalue weighted by atomic mass is 10.2. The van der Waals surface area contributed by atoms with Gasteiger partial charge in [0.2, 0.25) is 5.89 Å². The second kappa shape index (κ2) is 8.40. The Balaban J connectivity index is 1.61. The molecule has 6 heteroatoms. The number of benzene rings is 2. The molecular weight excluding hydrogens is 344 g/mol. The smallest absolute Gasteiger partial charge is 0.251 e. The minimum Gasteiger partial charge on any atom is -0.493 e. The molecule has 0 bridgehead atoms. The van der Waals surface area contributed by atoms with Crippen LogP contribution in [0.15, 0.2) is 52.9 Å². The number of ether oxygens (including phenoxy) is 2. The third-order valence-corrected chi connectivity index (χ3v) is 4.21. The molecule has 6 nitrogen and oxygen atoms in total. The molecule has 0 saturated carbocycles. The number of hydrogen-bond donors (Lipinski definition) is 1. The number of nitrogens with zero attached hydrogens (tertiary/aromatic N) is 1. The predicted octanol–water partition coefficient (Wildman–Crippen LogP) is 3.64. The zero-order valence-electron chi connectivity index (χ0n) is 15.6. The van der Waals surface area contributed by atoms with Gasteiger partial charge < -0.3 is 19.2 Å². The number of methoxy groups -OCH3 is 2. The summed E-state index contributed by atoms with van der Waals surface area (Å²) in [4.78, 5) is 16.9. The Labute approximate surface area is 158 Å². The quantitative estimate of drug-likeness (QED) is 0.691. The van der Waals surface area contributed by atoms with Crippen molar-refractivity contribution in [3.05, 3.63) is 65.5 Å². The zero-order valence-corrected chi connectivity index (χ0v) is 15.6. The van der Waals surface area contributed by atoms with Crippen LogP contribution in [0.1, 0.15) is 21.8 Å². The van der Waals surface area contributed by atoms with Crippen molar-refractivity contribution in [3.8, 4) is 23.0 Å². The Morgan fingerprint density at radius 2 is 1.81 bits per heavy atom. The van der Waals surface area contributed by atoms with Crippen LogP contribution < -0.4 is 14.8 Å². The summed E-state index contributed by atoms with van der Waals surface area (Å²) in [5.74, 6) is 2.27. The predicted molar refractivity (Wildman–Crippen MR) is 102 cm³/mol. The number of oxazole rings is 1. The van der Waals surface area contributed by atoms with Crippen LogP contribution in [0.2, 0.25) is 0 Å². The van der Waals surface area contributed by atoms with Crippen molar-refractivity contribution in [3.63, 3.8) is 0 Å². The van der Waals surface area contributed by atoms with Crippen LogP contribution in [0, 0.1) is 6.92 Å². The van der Waals surface area contributed by atoms with Gasteiger partial charge in [-0.2, -0.15) is 0 Å². The Kier molecular flexibility index (Phi) is 5.76.